The molecule has 24 heteroatoms. The van der Waals surface area contributed by atoms with E-state index in [-0.39, 0.29) is 134 Å². The van der Waals surface area contributed by atoms with Crippen LogP contribution in [0.15, 0.2) is 286 Å². The highest BCUT2D eigenvalue weighted by atomic mass is 16.3. The van der Waals surface area contributed by atoms with Crippen molar-refractivity contribution in [2.75, 3.05) is 0 Å². The second-order valence-corrected chi connectivity index (χ2v) is 24.8. The number of benzene rings is 12. The Morgan fingerprint density at radius 1 is 0.211 bits per heavy atom. The van der Waals surface area contributed by atoms with E-state index in [2.05, 4.69) is 97.8 Å². The standard InChI is InChI=1S/C85H58N18O6/c1-2-57-34-75(99-93-69-16-4-10-52(24-69)46-87)37-60(81(57)105)30-61-38-77(101-95-71-18-6-12-54(26-71)48-89)41-64(83(61)107)32-65-42-79(103-97-73-20-8-14-56(28-73)50-91)44-67(85(65)109)33-66-43-78(102-96-72-19-7-13-55(27-72)49-90)40-63(84(66)108)31-62-39-76(100-94-70-17-5-11-53(25-70)47-88)36-59(82(62)106)29-58-35-74(21-22-80(58)104)98-92-68-15-3-9-51(23-68)45-86/h3-28,34-44,104-109H,2,29-33H2,1H3. The Balaban J connectivity index is 0.976. The summed E-state index contributed by atoms with van der Waals surface area (Å²) in [6.45, 7) is 1.86. The highest BCUT2D eigenvalue weighted by molar-refractivity contribution is 5.65. The predicted octanol–water partition coefficient (Wildman–Crippen LogP) is 22.2. The van der Waals surface area contributed by atoms with Crippen LogP contribution in [0.2, 0.25) is 0 Å². The first-order chi connectivity index (χ1) is 53.0. The number of nitriles is 6. The van der Waals surface area contributed by atoms with E-state index in [1.165, 1.54) is 18.2 Å². The molecule has 0 fully saturated rings. The van der Waals surface area contributed by atoms with Gasteiger partial charge >= 0.3 is 0 Å². The number of hydrogen-bond donors (Lipinski definition) is 6. The van der Waals surface area contributed by atoms with Gasteiger partial charge in [0.05, 0.1) is 138 Å². The van der Waals surface area contributed by atoms with Crippen molar-refractivity contribution >= 4 is 68.2 Å². The van der Waals surface area contributed by atoms with Crippen molar-refractivity contribution < 1.29 is 30.6 Å². The molecule has 0 heterocycles. The predicted molar refractivity (Wildman–Crippen MR) is 404 cm³/mol. The molecule has 0 aliphatic carbocycles. The minimum Gasteiger partial charge on any atom is -0.508 e. The van der Waals surface area contributed by atoms with Crippen LogP contribution in [0, 0.1) is 68.0 Å². The molecule has 12 aromatic rings. The van der Waals surface area contributed by atoms with Crippen LogP contribution in [-0.4, -0.2) is 30.6 Å². The van der Waals surface area contributed by atoms with E-state index in [0.717, 1.165) is 0 Å². The van der Waals surface area contributed by atoms with E-state index >= 15 is 0 Å². The van der Waals surface area contributed by atoms with Gasteiger partial charge in [-0.25, -0.2) is 0 Å². The summed E-state index contributed by atoms with van der Waals surface area (Å²) in [4.78, 5) is 0. The highest BCUT2D eigenvalue weighted by Crippen LogP contribution is 2.44. The molecule has 12 rings (SSSR count). The van der Waals surface area contributed by atoms with Crippen molar-refractivity contribution in [1.82, 2.24) is 0 Å². The Bertz CT molecular complexity index is 6040. The van der Waals surface area contributed by atoms with Gasteiger partial charge in [0.2, 0.25) is 0 Å². The molecule has 524 valence electrons. The van der Waals surface area contributed by atoms with Crippen LogP contribution in [0.25, 0.3) is 0 Å². The van der Waals surface area contributed by atoms with Crippen molar-refractivity contribution in [2.45, 2.75) is 45.4 Å². The maximum Gasteiger partial charge on any atom is 0.122 e. The van der Waals surface area contributed by atoms with Crippen molar-refractivity contribution in [3.63, 3.8) is 0 Å². The summed E-state index contributed by atoms with van der Waals surface area (Å²) in [7, 11) is 0. The molecule has 0 bridgehead atoms. The molecule has 0 saturated heterocycles. The molecule has 12 aromatic carbocycles. The van der Waals surface area contributed by atoms with Crippen LogP contribution in [0.1, 0.15) is 102 Å². The van der Waals surface area contributed by atoms with Crippen LogP contribution >= 0.6 is 0 Å². The Labute approximate surface area is 624 Å². The summed E-state index contributed by atoms with van der Waals surface area (Å²) in [5.74, 6) is -1.31. The van der Waals surface area contributed by atoms with Gasteiger partial charge in [0.15, 0.2) is 0 Å². The van der Waals surface area contributed by atoms with Gasteiger partial charge in [-0.05, 0) is 200 Å². The van der Waals surface area contributed by atoms with Crippen LogP contribution < -0.4 is 0 Å². The largest absolute Gasteiger partial charge is 0.508 e. The SMILES string of the molecule is CCc1cc(N=Nc2cccc(C#N)c2)cc(Cc2cc(N=Nc3cccc(C#N)c3)cc(Cc3cc(N=Nc4cccc(C#N)c4)cc(Cc4cc(N=Nc5cccc(C#N)c5)cc(Cc5cc(N=Nc6cccc(C#N)c6)cc(Cc6cc(N=Nc7cccc(C#N)c7)ccc6O)c5O)c4O)c3O)c2O)c1O. The molecule has 0 atom stereocenters. The normalized spacial score (nSPS) is 11.3. The quantitative estimate of drug-likeness (QED) is 0.0326. The third-order valence-corrected chi connectivity index (χ3v) is 17.1. The number of azo groups is 6. The zero-order valence-electron chi connectivity index (χ0n) is 57.8. The number of phenols is 6. The Hall–Kier alpha value is -16.0. The van der Waals surface area contributed by atoms with E-state index in [4.69, 9.17) is 0 Å². The summed E-state index contributed by atoms with van der Waals surface area (Å²) in [5.41, 5.74) is 8.69. The van der Waals surface area contributed by atoms with Gasteiger partial charge in [-0.3, -0.25) is 0 Å². The Kier molecular flexibility index (Phi) is 22.6. The van der Waals surface area contributed by atoms with Crippen molar-refractivity contribution in [2.24, 2.45) is 61.4 Å². The molecular weight excluding hydrogens is 1370 g/mol. The molecule has 0 aromatic heterocycles. The lowest BCUT2D eigenvalue weighted by Crippen LogP contribution is -2.00. The molecule has 6 N–H and O–H groups in total. The van der Waals surface area contributed by atoms with Crippen molar-refractivity contribution in [3.8, 4) is 70.9 Å². The van der Waals surface area contributed by atoms with E-state index in [9.17, 15) is 62.2 Å². The number of phenolic OH excluding ortho intramolecular Hbond substituents is 6. The zero-order chi connectivity index (χ0) is 76.3. The van der Waals surface area contributed by atoms with Crippen LogP contribution in [0.4, 0.5) is 68.2 Å². The summed E-state index contributed by atoms with van der Waals surface area (Å²) in [5, 5.41) is 186. The van der Waals surface area contributed by atoms with Gasteiger partial charge in [0.25, 0.3) is 0 Å². The van der Waals surface area contributed by atoms with Crippen molar-refractivity contribution in [3.05, 3.63) is 319 Å². The third-order valence-electron chi connectivity index (χ3n) is 17.1. The molecular formula is C85H58N18O6. The molecule has 0 amide bonds. The van der Waals surface area contributed by atoms with Gasteiger partial charge < -0.3 is 30.6 Å². The van der Waals surface area contributed by atoms with Gasteiger partial charge in [-0.15, -0.1) is 0 Å². The number of aryl methyl sites for hydroxylation is 1. The van der Waals surface area contributed by atoms with Crippen LogP contribution in [0.3, 0.4) is 0 Å². The second-order valence-electron chi connectivity index (χ2n) is 24.8. The third kappa shape index (κ3) is 18.4. The molecule has 0 aliphatic rings. The highest BCUT2D eigenvalue weighted by Gasteiger charge is 2.23. The lowest BCUT2D eigenvalue weighted by atomic mass is 9.91. The molecule has 0 saturated carbocycles. The van der Waals surface area contributed by atoms with Crippen molar-refractivity contribution in [1.29, 1.82) is 31.6 Å². The topological polar surface area (TPSA) is 412 Å². The zero-order valence-corrected chi connectivity index (χ0v) is 57.8. The molecule has 0 aliphatic heterocycles. The summed E-state index contributed by atoms with van der Waals surface area (Å²) in [6.07, 6.45) is -0.515. The monoisotopic (exact) mass is 1430 g/mol. The maximum atomic E-state index is 12.8. The molecule has 24 nitrogen and oxygen atoms in total. The Morgan fingerprint density at radius 2 is 0.385 bits per heavy atom. The fourth-order valence-corrected chi connectivity index (χ4v) is 11.8. The molecule has 0 radical (unpaired) electrons. The number of aromatic hydroxyl groups is 6. The maximum absolute atomic E-state index is 12.8. The second kappa shape index (κ2) is 33.8. The number of rotatable bonds is 23. The summed E-state index contributed by atoms with van der Waals surface area (Å²) in [6, 6.07) is 72.0. The van der Waals surface area contributed by atoms with Gasteiger partial charge in [-0.1, -0.05) is 43.3 Å². The van der Waals surface area contributed by atoms with Crippen LogP contribution in [-0.2, 0) is 38.5 Å². The molecule has 109 heavy (non-hydrogen) atoms. The first kappa shape index (κ1) is 72.8. The first-order valence-corrected chi connectivity index (χ1v) is 33.6. The average Bonchev–Trinajstić information content (AvgIpc) is 0.790. The summed E-state index contributed by atoms with van der Waals surface area (Å²) < 4.78 is 0. The van der Waals surface area contributed by atoms with Gasteiger partial charge in [0.1, 0.15) is 34.5 Å². The van der Waals surface area contributed by atoms with Gasteiger partial charge in [0, 0.05) is 87.7 Å². The lowest BCUT2D eigenvalue weighted by Gasteiger charge is -2.17. The van der Waals surface area contributed by atoms with Gasteiger partial charge in [-0.2, -0.15) is 92.9 Å². The fraction of sp³-hybridized carbons (Fsp3) is 0.0824. The smallest absolute Gasteiger partial charge is 0.122 e. The fourth-order valence-electron chi connectivity index (χ4n) is 11.8. The lowest BCUT2D eigenvalue weighted by molar-refractivity contribution is 0.452. The Morgan fingerprint density at radius 3 is 0.596 bits per heavy atom. The average molecular weight is 1430 g/mol. The molecule has 0 unspecified atom stereocenters. The van der Waals surface area contributed by atoms with E-state index in [1.54, 1.807) is 206 Å². The minimum atomic E-state index is -0.307. The number of nitrogens with zero attached hydrogens (tertiary/aromatic N) is 18. The minimum absolute atomic E-state index is 0.0574. The van der Waals surface area contributed by atoms with Crippen LogP contribution in [0.5, 0.6) is 34.5 Å². The van der Waals surface area contributed by atoms with E-state index < -0.39 is 0 Å². The van der Waals surface area contributed by atoms with E-state index in [1.807, 2.05) is 6.92 Å². The van der Waals surface area contributed by atoms with E-state index in [0.29, 0.717) is 102 Å². The molecule has 0 spiro atoms. The first-order valence-electron chi connectivity index (χ1n) is 33.6. The summed E-state index contributed by atoms with van der Waals surface area (Å²) >= 11 is 0. The number of hydrogen-bond acceptors (Lipinski definition) is 24.